The molecule has 0 spiro atoms. The first-order chi connectivity index (χ1) is 10.3. The Balaban J connectivity index is 1.95. The van der Waals surface area contributed by atoms with Crippen molar-refractivity contribution in [3.8, 4) is 0 Å². The van der Waals surface area contributed by atoms with E-state index in [1.54, 1.807) is 29.8 Å². The highest BCUT2D eigenvalue weighted by atomic mass is 35.5. The summed E-state index contributed by atoms with van der Waals surface area (Å²) in [5.74, 6) is -0.0337. The Morgan fingerprint density at radius 3 is 2.95 bits per heavy atom. The number of hydrogen-bond donors (Lipinski definition) is 1. The van der Waals surface area contributed by atoms with Gasteiger partial charge in [0.1, 0.15) is 5.65 Å². The maximum Gasteiger partial charge on any atom is 0.196 e. The monoisotopic (exact) mass is 312 g/mol. The van der Waals surface area contributed by atoms with Crippen LogP contribution in [0.1, 0.15) is 15.9 Å². The molecule has 1 aromatic carbocycles. The minimum Gasteiger partial charge on any atom is -0.345 e. The number of aromatic amines is 1. The molecular formula is C16H9ClN2OS. The van der Waals surface area contributed by atoms with Crippen LogP contribution in [-0.2, 0) is 0 Å². The molecule has 3 heterocycles. The van der Waals surface area contributed by atoms with Crippen molar-refractivity contribution < 1.29 is 4.79 Å². The molecule has 0 amide bonds. The van der Waals surface area contributed by atoms with Crippen molar-refractivity contribution in [2.24, 2.45) is 0 Å². The van der Waals surface area contributed by atoms with Crippen molar-refractivity contribution in [2.75, 3.05) is 0 Å². The van der Waals surface area contributed by atoms with E-state index in [-0.39, 0.29) is 5.78 Å². The molecular weight excluding hydrogens is 304 g/mol. The lowest BCUT2D eigenvalue weighted by atomic mass is 10.0. The highest BCUT2D eigenvalue weighted by Gasteiger charge is 2.19. The fourth-order valence-corrected chi connectivity index (χ4v) is 3.68. The average molecular weight is 313 g/mol. The van der Waals surface area contributed by atoms with Crippen LogP contribution < -0.4 is 0 Å². The van der Waals surface area contributed by atoms with E-state index in [1.165, 1.54) is 0 Å². The summed E-state index contributed by atoms with van der Waals surface area (Å²) in [6.45, 7) is 0. The van der Waals surface area contributed by atoms with Gasteiger partial charge in [0.25, 0.3) is 0 Å². The van der Waals surface area contributed by atoms with Gasteiger partial charge in [-0.2, -0.15) is 0 Å². The number of ketones is 1. The normalized spacial score (nSPS) is 11.3. The Hall–Kier alpha value is -2.17. The second-order valence-electron chi connectivity index (χ2n) is 4.69. The number of rotatable bonds is 2. The lowest BCUT2D eigenvalue weighted by molar-refractivity contribution is 0.104. The zero-order chi connectivity index (χ0) is 14.4. The summed E-state index contributed by atoms with van der Waals surface area (Å²) in [5.41, 5.74) is 1.90. The number of H-pyrrole nitrogens is 1. The number of carbonyl (C=O) groups is 1. The third-order valence-electron chi connectivity index (χ3n) is 3.49. The molecule has 0 atom stereocenters. The zero-order valence-corrected chi connectivity index (χ0v) is 12.3. The first-order valence-electron chi connectivity index (χ1n) is 6.38. The van der Waals surface area contributed by atoms with Gasteiger partial charge in [-0.15, -0.1) is 11.3 Å². The smallest absolute Gasteiger partial charge is 0.196 e. The molecule has 102 valence electrons. The Morgan fingerprint density at radius 1 is 1.19 bits per heavy atom. The van der Waals surface area contributed by atoms with Crippen molar-refractivity contribution in [1.82, 2.24) is 9.97 Å². The van der Waals surface area contributed by atoms with E-state index in [0.717, 1.165) is 10.1 Å². The van der Waals surface area contributed by atoms with E-state index < -0.39 is 0 Å². The largest absolute Gasteiger partial charge is 0.345 e. The number of fused-ring (bicyclic) bond motifs is 2. The molecule has 21 heavy (non-hydrogen) atoms. The zero-order valence-electron chi connectivity index (χ0n) is 10.8. The average Bonchev–Trinajstić information content (AvgIpc) is 3.11. The van der Waals surface area contributed by atoms with Gasteiger partial charge in [0.05, 0.1) is 10.6 Å². The van der Waals surface area contributed by atoms with Crippen LogP contribution in [0.25, 0.3) is 21.1 Å². The molecule has 0 bridgehead atoms. The van der Waals surface area contributed by atoms with Crippen molar-refractivity contribution >= 4 is 49.8 Å². The van der Waals surface area contributed by atoms with E-state index >= 15 is 0 Å². The SMILES string of the molecule is O=C(c1csc2ccccc12)c1c[nH]c2nccc(Cl)c12. The van der Waals surface area contributed by atoms with Crippen LogP contribution in [0, 0.1) is 0 Å². The Labute approximate surface area is 129 Å². The Morgan fingerprint density at radius 2 is 2.05 bits per heavy atom. The van der Waals surface area contributed by atoms with Crippen molar-refractivity contribution in [3.63, 3.8) is 0 Å². The van der Waals surface area contributed by atoms with E-state index in [1.807, 2.05) is 29.6 Å². The number of thiophene rings is 1. The van der Waals surface area contributed by atoms with Gasteiger partial charge in [0.15, 0.2) is 5.78 Å². The van der Waals surface area contributed by atoms with Gasteiger partial charge in [-0.25, -0.2) is 4.98 Å². The third-order valence-corrected chi connectivity index (χ3v) is 4.77. The molecule has 3 aromatic heterocycles. The van der Waals surface area contributed by atoms with E-state index in [2.05, 4.69) is 9.97 Å². The van der Waals surface area contributed by atoms with Crippen molar-refractivity contribution in [1.29, 1.82) is 0 Å². The number of pyridine rings is 1. The lowest BCUT2D eigenvalue weighted by Gasteiger charge is -2.00. The summed E-state index contributed by atoms with van der Waals surface area (Å²) in [6.07, 6.45) is 3.30. The minimum absolute atomic E-state index is 0.0337. The molecule has 0 fully saturated rings. The van der Waals surface area contributed by atoms with Crippen LogP contribution in [0.2, 0.25) is 5.02 Å². The number of carbonyl (C=O) groups excluding carboxylic acids is 1. The van der Waals surface area contributed by atoms with Crippen molar-refractivity contribution in [2.45, 2.75) is 0 Å². The Bertz CT molecular complexity index is 986. The van der Waals surface area contributed by atoms with E-state index in [0.29, 0.717) is 27.2 Å². The molecule has 0 radical (unpaired) electrons. The first kappa shape index (κ1) is 12.6. The van der Waals surface area contributed by atoms with Crippen LogP contribution in [0.15, 0.2) is 48.1 Å². The summed E-state index contributed by atoms with van der Waals surface area (Å²) in [6, 6.07) is 9.59. The number of hydrogen-bond acceptors (Lipinski definition) is 3. The second-order valence-corrected chi connectivity index (χ2v) is 6.01. The van der Waals surface area contributed by atoms with Gasteiger partial charge in [0, 0.05) is 38.8 Å². The molecule has 0 aliphatic heterocycles. The van der Waals surface area contributed by atoms with Crippen LogP contribution in [0.5, 0.6) is 0 Å². The number of nitrogens with zero attached hydrogens (tertiary/aromatic N) is 1. The quantitative estimate of drug-likeness (QED) is 0.547. The molecule has 3 nitrogen and oxygen atoms in total. The highest BCUT2D eigenvalue weighted by molar-refractivity contribution is 7.17. The third kappa shape index (κ3) is 1.87. The van der Waals surface area contributed by atoms with Crippen LogP contribution in [-0.4, -0.2) is 15.8 Å². The molecule has 4 aromatic rings. The summed E-state index contributed by atoms with van der Waals surface area (Å²) in [4.78, 5) is 20.1. The maximum atomic E-state index is 12.8. The second kappa shape index (κ2) is 4.69. The number of nitrogens with one attached hydrogen (secondary N) is 1. The predicted octanol–water partition coefficient (Wildman–Crippen LogP) is 4.66. The van der Waals surface area contributed by atoms with Crippen LogP contribution in [0.4, 0.5) is 0 Å². The molecule has 0 aliphatic carbocycles. The predicted molar refractivity (Wildman–Crippen MR) is 86.4 cm³/mol. The summed E-state index contributed by atoms with van der Waals surface area (Å²) >= 11 is 7.79. The molecule has 5 heteroatoms. The van der Waals surface area contributed by atoms with Gasteiger partial charge in [0.2, 0.25) is 0 Å². The summed E-state index contributed by atoms with van der Waals surface area (Å²) < 4.78 is 1.10. The Kier molecular flexibility index (Phi) is 2.80. The highest BCUT2D eigenvalue weighted by Crippen LogP contribution is 2.31. The molecule has 0 aliphatic rings. The molecule has 4 rings (SSSR count). The molecule has 0 saturated heterocycles. The van der Waals surface area contributed by atoms with E-state index in [4.69, 9.17) is 11.6 Å². The standard InChI is InChI=1S/C16H9ClN2OS/c17-12-5-6-18-16-14(12)10(7-19-16)15(20)11-8-21-13-4-2-1-3-9(11)13/h1-8H,(H,18,19). The number of aromatic nitrogens is 2. The topological polar surface area (TPSA) is 45.8 Å². The maximum absolute atomic E-state index is 12.8. The van der Waals surface area contributed by atoms with Gasteiger partial charge >= 0.3 is 0 Å². The van der Waals surface area contributed by atoms with Crippen LogP contribution in [0.3, 0.4) is 0 Å². The molecule has 0 unspecified atom stereocenters. The lowest BCUT2D eigenvalue weighted by Crippen LogP contribution is -1.99. The molecule has 0 saturated carbocycles. The first-order valence-corrected chi connectivity index (χ1v) is 7.64. The van der Waals surface area contributed by atoms with Crippen molar-refractivity contribution in [3.05, 3.63) is 64.3 Å². The van der Waals surface area contributed by atoms with Gasteiger partial charge in [-0.05, 0) is 12.1 Å². The summed E-state index contributed by atoms with van der Waals surface area (Å²) in [7, 11) is 0. The van der Waals surface area contributed by atoms with Gasteiger partial charge < -0.3 is 4.98 Å². The molecule has 1 N–H and O–H groups in total. The van der Waals surface area contributed by atoms with Gasteiger partial charge in [-0.3, -0.25) is 4.79 Å². The van der Waals surface area contributed by atoms with Crippen LogP contribution >= 0.6 is 22.9 Å². The summed E-state index contributed by atoms with van der Waals surface area (Å²) in [5, 5.41) is 4.08. The minimum atomic E-state index is -0.0337. The number of halogens is 1. The fraction of sp³-hybridized carbons (Fsp3) is 0. The van der Waals surface area contributed by atoms with E-state index in [9.17, 15) is 4.79 Å². The van der Waals surface area contributed by atoms with Gasteiger partial charge in [-0.1, -0.05) is 29.8 Å². The fourth-order valence-electron chi connectivity index (χ4n) is 2.49. The number of benzene rings is 1.